The normalized spacial score (nSPS) is 15.1. The lowest BCUT2D eigenvalue weighted by Crippen LogP contribution is -2.32. The number of fused-ring (bicyclic) bond motifs is 15. The van der Waals surface area contributed by atoms with Gasteiger partial charge < -0.3 is 9.13 Å². The lowest BCUT2D eigenvalue weighted by Gasteiger charge is -2.40. The van der Waals surface area contributed by atoms with E-state index in [-0.39, 0.29) is 0 Å². The number of hydrogen-bond acceptors (Lipinski definition) is 5. The molecule has 5 heterocycles. The molecule has 0 saturated carbocycles. The van der Waals surface area contributed by atoms with Crippen LogP contribution in [0, 0.1) is 22.7 Å². The van der Waals surface area contributed by atoms with Crippen molar-refractivity contribution in [1.29, 1.82) is 10.5 Å². The van der Waals surface area contributed by atoms with Crippen molar-refractivity contribution in [2.75, 3.05) is 0 Å². The Hall–Kier alpha value is -7.45. The van der Waals surface area contributed by atoms with E-state index in [2.05, 4.69) is 124 Å². The van der Waals surface area contributed by atoms with E-state index in [1.165, 1.54) is 42.7 Å². The molecule has 0 bridgehead atoms. The van der Waals surface area contributed by atoms with E-state index in [9.17, 15) is 10.5 Å². The van der Waals surface area contributed by atoms with E-state index in [0.717, 1.165) is 55.7 Å². The summed E-state index contributed by atoms with van der Waals surface area (Å²) in [5, 5.41) is 24.0. The first-order valence-electron chi connectivity index (χ1n) is 18.4. The molecule has 0 saturated heterocycles. The Balaban J connectivity index is 1.20. The maximum absolute atomic E-state index is 9.84. The van der Waals surface area contributed by atoms with Crippen molar-refractivity contribution in [1.82, 2.24) is 19.1 Å². The fraction of sp³-hybridized carbons (Fsp3) is 0.0204. The van der Waals surface area contributed by atoms with Crippen molar-refractivity contribution in [2.24, 2.45) is 0 Å². The van der Waals surface area contributed by atoms with Gasteiger partial charge in [-0.05, 0) is 89.5 Å². The quantitative estimate of drug-likeness (QED) is 0.177. The van der Waals surface area contributed by atoms with Crippen LogP contribution in [0.3, 0.4) is 0 Å². The number of pyridine rings is 2. The lowest BCUT2D eigenvalue weighted by atomic mass is 9.67. The highest BCUT2D eigenvalue weighted by Crippen LogP contribution is 2.62. The van der Waals surface area contributed by atoms with Crippen LogP contribution >= 0.6 is 11.8 Å². The Morgan fingerprint density at radius 3 is 1.82 bits per heavy atom. The molecule has 6 aromatic carbocycles. The van der Waals surface area contributed by atoms with Crippen molar-refractivity contribution in [3.63, 3.8) is 0 Å². The van der Waals surface area contributed by atoms with Gasteiger partial charge >= 0.3 is 0 Å². The number of rotatable bonds is 2. The Morgan fingerprint density at radius 2 is 1.11 bits per heavy atom. The molecule has 1 aliphatic carbocycles. The van der Waals surface area contributed by atoms with Crippen LogP contribution in [-0.4, -0.2) is 19.1 Å². The van der Waals surface area contributed by atoms with Crippen LogP contribution in [-0.2, 0) is 5.41 Å². The SMILES string of the molecule is N#Cc1ccc2c(c1)c1cc(C#N)ccc1n2-c1cnc2c(c1)C1(c3ccccc3Sc3c(-n4c5ccccc5c5ccccc54)cccc31)c1cccnc1-2. The van der Waals surface area contributed by atoms with Crippen LogP contribution in [0.2, 0.25) is 0 Å². The zero-order valence-electron chi connectivity index (χ0n) is 29.6. The van der Waals surface area contributed by atoms with Gasteiger partial charge in [-0.3, -0.25) is 9.97 Å². The van der Waals surface area contributed by atoms with E-state index in [0.29, 0.717) is 11.1 Å². The largest absolute Gasteiger partial charge is 0.308 e. The monoisotopic (exact) mass is 730 g/mol. The van der Waals surface area contributed by atoms with Gasteiger partial charge in [0.05, 0.1) is 79.7 Å². The van der Waals surface area contributed by atoms with Gasteiger partial charge in [-0.25, -0.2) is 0 Å². The number of hydrogen-bond donors (Lipinski definition) is 0. The summed E-state index contributed by atoms with van der Waals surface area (Å²) in [6, 6.07) is 55.6. The molecule has 10 aromatic rings. The van der Waals surface area contributed by atoms with Gasteiger partial charge in [0.25, 0.3) is 0 Å². The van der Waals surface area contributed by atoms with Gasteiger partial charge in [0.2, 0.25) is 0 Å². The molecule has 2 aliphatic rings. The maximum atomic E-state index is 9.84. The molecule has 4 aromatic heterocycles. The standard InChI is InChI=1S/C49H26N6S/c50-26-29-18-20-42-34(23-29)35-24-30(27-51)19-21-43(35)54(42)31-25-39-47(53-28-31)46-37(13-8-22-52-46)49(39)36-11-3-6-17-45(36)56-48-38(49)12-7-16-44(48)55-40-14-4-1-9-32(40)33-10-2-5-15-41(33)55/h1-25,28H. The molecular weight excluding hydrogens is 705 g/mol. The number of nitrogens with zero attached hydrogens (tertiary/aromatic N) is 6. The van der Waals surface area contributed by atoms with Crippen LogP contribution in [0.25, 0.3) is 66.4 Å². The highest BCUT2D eigenvalue weighted by Gasteiger charge is 2.52. The van der Waals surface area contributed by atoms with Gasteiger partial charge in [-0.2, -0.15) is 10.5 Å². The Kier molecular flexibility index (Phi) is 6.24. The number of aromatic nitrogens is 4. The minimum absolute atomic E-state index is 0.568. The topological polar surface area (TPSA) is 83.2 Å². The van der Waals surface area contributed by atoms with E-state index in [4.69, 9.17) is 9.97 Å². The first kappa shape index (κ1) is 31.0. The van der Waals surface area contributed by atoms with E-state index < -0.39 is 5.41 Å². The van der Waals surface area contributed by atoms with Crippen molar-refractivity contribution < 1.29 is 0 Å². The zero-order chi connectivity index (χ0) is 37.1. The fourth-order valence-electron chi connectivity index (χ4n) is 9.52. The second kappa shape index (κ2) is 11.3. The van der Waals surface area contributed by atoms with Gasteiger partial charge in [0.15, 0.2) is 0 Å². The fourth-order valence-corrected chi connectivity index (χ4v) is 10.8. The van der Waals surface area contributed by atoms with Crippen molar-refractivity contribution in [2.45, 2.75) is 15.2 Å². The third-order valence-corrected chi connectivity index (χ3v) is 12.9. The van der Waals surface area contributed by atoms with Gasteiger partial charge in [0, 0.05) is 43.1 Å². The van der Waals surface area contributed by atoms with Gasteiger partial charge in [-0.1, -0.05) is 84.6 Å². The second-order valence-corrected chi connectivity index (χ2v) is 15.4. The Morgan fingerprint density at radius 1 is 0.500 bits per heavy atom. The Bertz CT molecular complexity index is 3330. The predicted molar refractivity (Wildman–Crippen MR) is 222 cm³/mol. The van der Waals surface area contributed by atoms with Crippen LogP contribution in [0.15, 0.2) is 168 Å². The average Bonchev–Trinajstić information content (AvgIpc) is 3.87. The first-order chi connectivity index (χ1) is 27.7. The molecule has 0 amide bonds. The third kappa shape index (κ3) is 3.89. The van der Waals surface area contributed by atoms with Crippen molar-refractivity contribution in [3.8, 4) is 34.9 Å². The summed E-state index contributed by atoms with van der Waals surface area (Å²) in [5.74, 6) is 0. The highest BCUT2D eigenvalue weighted by atomic mass is 32.2. The molecule has 7 heteroatoms. The summed E-state index contributed by atoms with van der Waals surface area (Å²) < 4.78 is 4.64. The van der Waals surface area contributed by atoms with Crippen LogP contribution in [0.4, 0.5) is 0 Å². The van der Waals surface area contributed by atoms with Crippen molar-refractivity contribution in [3.05, 3.63) is 191 Å². The molecule has 1 unspecified atom stereocenters. The molecule has 0 N–H and O–H groups in total. The zero-order valence-corrected chi connectivity index (χ0v) is 30.4. The van der Waals surface area contributed by atoms with Gasteiger partial charge in [0.1, 0.15) is 0 Å². The van der Waals surface area contributed by atoms with E-state index >= 15 is 0 Å². The number of nitriles is 2. The third-order valence-electron chi connectivity index (χ3n) is 11.7. The summed E-state index contributed by atoms with van der Waals surface area (Å²) in [7, 11) is 0. The highest BCUT2D eigenvalue weighted by molar-refractivity contribution is 7.99. The minimum atomic E-state index is -0.728. The second-order valence-electron chi connectivity index (χ2n) is 14.4. The lowest BCUT2D eigenvalue weighted by molar-refractivity contribution is 0.716. The minimum Gasteiger partial charge on any atom is -0.308 e. The molecule has 12 rings (SSSR count). The summed E-state index contributed by atoms with van der Waals surface area (Å²) in [4.78, 5) is 12.7. The summed E-state index contributed by atoms with van der Waals surface area (Å²) in [6.45, 7) is 0. The molecule has 1 atom stereocenters. The molecular formula is C49H26N6S. The Labute approximate surface area is 325 Å². The predicted octanol–water partition coefficient (Wildman–Crippen LogP) is 11.2. The molecule has 1 aliphatic heterocycles. The maximum Gasteiger partial charge on any atom is 0.0991 e. The summed E-state index contributed by atoms with van der Waals surface area (Å²) in [6.07, 6.45) is 3.80. The summed E-state index contributed by atoms with van der Waals surface area (Å²) >= 11 is 1.83. The number of para-hydroxylation sites is 2. The van der Waals surface area contributed by atoms with Crippen LogP contribution in [0.1, 0.15) is 33.4 Å². The van der Waals surface area contributed by atoms with Crippen LogP contribution in [0.5, 0.6) is 0 Å². The smallest absolute Gasteiger partial charge is 0.0991 e. The average molecular weight is 731 g/mol. The molecule has 0 fully saturated rings. The van der Waals surface area contributed by atoms with E-state index in [1.807, 2.05) is 66.6 Å². The molecule has 0 radical (unpaired) electrons. The summed E-state index contributed by atoms with van der Waals surface area (Å²) in [5.41, 5.74) is 12.9. The molecule has 56 heavy (non-hydrogen) atoms. The van der Waals surface area contributed by atoms with Crippen molar-refractivity contribution >= 4 is 55.4 Å². The van der Waals surface area contributed by atoms with Gasteiger partial charge in [-0.15, -0.1) is 0 Å². The molecule has 258 valence electrons. The molecule has 6 nitrogen and oxygen atoms in total. The van der Waals surface area contributed by atoms with Crippen LogP contribution < -0.4 is 0 Å². The number of benzene rings is 6. The van der Waals surface area contributed by atoms with E-state index in [1.54, 1.807) is 0 Å². The molecule has 1 spiro atoms. The first-order valence-corrected chi connectivity index (χ1v) is 19.3.